The van der Waals surface area contributed by atoms with Crippen molar-refractivity contribution in [3.63, 3.8) is 0 Å². The summed E-state index contributed by atoms with van der Waals surface area (Å²) in [6.45, 7) is 0.863. The Hall–Kier alpha value is -3.22. The molecule has 6 nitrogen and oxygen atoms in total. The van der Waals surface area contributed by atoms with Gasteiger partial charge in [0.15, 0.2) is 0 Å². The second-order valence-corrected chi connectivity index (χ2v) is 6.77. The monoisotopic (exact) mass is 366 g/mol. The molecule has 27 heavy (non-hydrogen) atoms. The van der Waals surface area contributed by atoms with Crippen molar-refractivity contribution in [2.75, 3.05) is 6.54 Å². The summed E-state index contributed by atoms with van der Waals surface area (Å²) in [4.78, 5) is 26.3. The average molecular weight is 366 g/mol. The lowest BCUT2D eigenvalue weighted by Crippen LogP contribution is -2.37. The topological polar surface area (TPSA) is 78.1 Å². The van der Waals surface area contributed by atoms with Crippen LogP contribution in [0.4, 0.5) is 4.39 Å². The first-order valence-electron chi connectivity index (χ1n) is 8.82. The Bertz CT molecular complexity index is 983. The average Bonchev–Trinajstić information content (AvgIpc) is 3.21. The lowest BCUT2D eigenvalue weighted by atomic mass is 10.1. The molecule has 7 heteroatoms. The van der Waals surface area contributed by atoms with Crippen molar-refractivity contribution >= 4 is 22.7 Å². The summed E-state index contributed by atoms with van der Waals surface area (Å²) in [6, 6.07) is 13.5. The summed E-state index contributed by atoms with van der Waals surface area (Å²) >= 11 is 0. The smallest absolute Gasteiger partial charge is 0.226 e. The number of nitrogens with zero attached hydrogens (tertiary/aromatic N) is 2. The minimum Gasteiger partial charge on any atom is -0.351 e. The molecule has 2 N–H and O–H groups in total. The molecule has 0 bridgehead atoms. The van der Waals surface area contributed by atoms with Gasteiger partial charge in [-0.3, -0.25) is 14.7 Å². The maximum Gasteiger partial charge on any atom is 0.226 e. The number of halogens is 1. The van der Waals surface area contributed by atoms with Crippen LogP contribution in [-0.4, -0.2) is 39.5 Å². The third-order valence-electron chi connectivity index (χ3n) is 4.74. The fourth-order valence-corrected chi connectivity index (χ4v) is 3.42. The summed E-state index contributed by atoms with van der Waals surface area (Å²) in [7, 11) is 0. The number of amides is 2. The lowest BCUT2D eigenvalue weighted by Gasteiger charge is -2.17. The van der Waals surface area contributed by atoms with Gasteiger partial charge in [0.1, 0.15) is 5.82 Å². The quantitative estimate of drug-likeness (QED) is 0.726. The number of aromatic amines is 1. The van der Waals surface area contributed by atoms with Crippen molar-refractivity contribution in [2.45, 2.75) is 25.4 Å². The maximum atomic E-state index is 13.0. The standard InChI is InChI=1S/C20H19FN4O2/c21-14-7-5-13(6-8-14)11-25-12-15(9-20(25)27)22-19(26)10-18-16-3-1-2-4-17(16)23-24-18/h1-8,15H,9-12H2,(H,22,26)(H,23,24)/t15-/m0/s1. The van der Waals surface area contributed by atoms with E-state index in [-0.39, 0.29) is 36.5 Å². The number of carbonyl (C=O) groups excluding carboxylic acids is 2. The first kappa shape index (κ1) is 17.2. The van der Waals surface area contributed by atoms with Gasteiger partial charge in [-0.1, -0.05) is 30.3 Å². The van der Waals surface area contributed by atoms with Crippen LogP contribution in [0.5, 0.6) is 0 Å². The van der Waals surface area contributed by atoms with E-state index < -0.39 is 0 Å². The van der Waals surface area contributed by atoms with Crippen molar-refractivity contribution < 1.29 is 14.0 Å². The zero-order chi connectivity index (χ0) is 18.8. The summed E-state index contributed by atoms with van der Waals surface area (Å²) in [5.41, 5.74) is 2.44. The van der Waals surface area contributed by atoms with Gasteiger partial charge in [-0.25, -0.2) is 4.39 Å². The van der Waals surface area contributed by atoms with E-state index in [0.29, 0.717) is 13.1 Å². The first-order valence-corrected chi connectivity index (χ1v) is 8.82. The molecule has 1 atom stereocenters. The minimum atomic E-state index is -0.303. The van der Waals surface area contributed by atoms with E-state index in [1.165, 1.54) is 12.1 Å². The molecule has 1 aromatic heterocycles. The first-order chi connectivity index (χ1) is 13.1. The molecule has 3 aromatic rings. The SMILES string of the molecule is O=C(Cc1[nH]nc2ccccc12)N[C@H]1CC(=O)N(Cc2ccc(F)cc2)C1. The van der Waals surface area contributed by atoms with Crippen LogP contribution in [0, 0.1) is 5.82 Å². The van der Waals surface area contributed by atoms with Gasteiger partial charge in [0.25, 0.3) is 0 Å². The van der Waals surface area contributed by atoms with Crippen molar-refractivity contribution in [1.82, 2.24) is 20.4 Å². The molecule has 4 rings (SSSR count). The molecule has 0 unspecified atom stereocenters. The molecule has 0 saturated carbocycles. The molecule has 1 saturated heterocycles. The molecular weight excluding hydrogens is 347 g/mol. The summed E-state index contributed by atoms with van der Waals surface area (Å²) < 4.78 is 13.0. The molecule has 1 fully saturated rings. The molecule has 0 radical (unpaired) electrons. The molecule has 1 aliphatic rings. The fraction of sp³-hybridized carbons (Fsp3) is 0.250. The number of hydrogen-bond donors (Lipinski definition) is 2. The van der Waals surface area contributed by atoms with Crippen LogP contribution < -0.4 is 5.32 Å². The van der Waals surface area contributed by atoms with Gasteiger partial charge in [-0.05, 0) is 23.8 Å². The van der Waals surface area contributed by atoms with Gasteiger partial charge >= 0.3 is 0 Å². The normalized spacial score (nSPS) is 16.9. The van der Waals surface area contributed by atoms with Gasteiger partial charge in [0, 0.05) is 24.9 Å². The third-order valence-corrected chi connectivity index (χ3v) is 4.74. The van der Waals surface area contributed by atoms with Gasteiger partial charge in [-0.15, -0.1) is 0 Å². The Labute approximate surface area is 155 Å². The zero-order valence-electron chi connectivity index (χ0n) is 14.6. The van der Waals surface area contributed by atoms with Gasteiger partial charge in [0.05, 0.1) is 23.7 Å². The fourth-order valence-electron chi connectivity index (χ4n) is 3.42. The Morgan fingerprint density at radius 1 is 1.22 bits per heavy atom. The minimum absolute atomic E-state index is 0.0170. The number of rotatable bonds is 5. The molecule has 1 aliphatic heterocycles. The van der Waals surface area contributed by atoms with Crippen molar-refractivity contribution in [3.8, 4) is 0 Å². The Morgan fingerprint density at radius 2 is 2.00 bits per heavy atom. The highest BCUT2D eigenvalue weighted by Gasteiger charge is 2.30. The number of hydrogen-bond acceptors (Lipinski definition) is 3. The molecule has 2 aromatic carbocycles. The predicted molar refractivity (Wildman–Crippen MR) is 98.2 cm³/mol. The summed E-state index contributed by atoms with van der Waals surface area (Å²) in [6.07, 6.45) is 0.458. The second-order valence-electron chi connectivity index (χ2n) is 6.77. The number of benzene rings is 2. The van der Waals surface area contributed by atoms with E-state index in [2.05, 4.69) is 15.5 Å². The maximum absolute atomic E-state index is 13.0. The van der Waals surface area contributed by atoms with E-state index in [1.807, 2.05) is 24.3 Å². The Kier molecular flexibility index (Phi) is 4.58. The Balaban J connectivity index is 1.35. The van der Waals surface area contributed by atoms with E-state index in [9.17, 15) is 14.0 Å². The molecule has 138 valence electrons. The Morgan fingerprint density at radius 3 is 2.81 bits per heavy atom. The molecule has 2 amide bonds. The van der Waals surface area contributed by atoms with E-state index >= 15 is 0 Å². The van der Waals surface area contributed by atoms with Crippen molar-refractivity contribution in [2.24, 2.45) is 0 Å². The van der Waals surface area contributed by atoms with Crippen LogP contribution in [0.3, 0.4) is 0 Å². The van der Waals surface area contributed by atoms with Gasteiger partial charge in [0.2, 0.25) is 11.8 Å². The highest BCUT2D eigenvalue weighted by atomic mass is 19.1. The number of fused-ring (bicyclic) bond motifs is 1. The molecule has 2 heterocycles. The largest absolute Gasteiger partial charge is 0.351 e. The number of carbonyl (C=O) groups is 2. The van der Waals surface area contributed by atoms with Crippen LogP contribution in [-0.2, 0) is 22.6 Å². The number of H-pyrrole nitrogens is 1. The van der Waals surface area contributed by atoms with Crippen molar-refractivity contribution in [3.05, 3.63) is 65.6 Å². The molecule has 0 spiro atoms. The third kappa shape index (κ3) is 3.81. The molecule has 0 aliphatic carbocycles. The van der Waals surface area contributed by atoms with Crippen LogP contribution in [0.25, 0.3) is 10.9 Å². The number of aromatic nitrogens is 2. The van der Waals surface area contributed by atoms with E-state index in [4.69, 9.17) is 0 Å². The predicted octanol–water partition coefficient (Wildman–Crippen LogP) is 2.16. The van der Waals surface area contributed by atoms with Crippen LogP contribution in [0.15, 0.2) is 48.5 Å². The van der Waals surface area contributed by atoms with Gasteiger partial charge < -0.3 is 10.2 Å². The van der Waals surface area contributed by atoms with Crippen LogP contribution in [0.2, 0.25) is 0 Å². The highest BCUT2D eigenvalue weighted by molar-refractivity contribution is 5.88. The summed E-state index contributed by atoms with van der Waals surface area (Å²) in [5, 5.41) is 10.9. The zero-order valence-corrected chi connectivity index (χ0v) is 14.6. The number of para-hydroxylation sites is 1. The number of nitrogens with one attached hydrogen (secondary N) is 2. The summed E-state index contributed by atoms with van der Waals surface area (Å²) in [5.74, 6) is -0.467. The van der Waals surface area contributed by atoms with E-state index in [1.54, 1.807) is 17.0 Å². The lowest BCUT2D eigenvalue weighted by molar-refractivity contribution is -0.128. The van der Waals surface area contributed by atoms with Crippen molar-refractivity contribution in [1.29, 1.82) is 0 Å². The molecular formula is C20H19FN4O2. The van der Waals surface area contributed by atoms with Crippen LogP contribution >= 0.6 is 0 Å². The van der Waals surface area contributed by atoms with E-state index in [0.717, 1.165) is 22.2 Å². The second kappa shape index (κ2) is 7.19. The number of likely N-dealkylation sites (tertiary alicyclic amines) is 1. The van der Waals surface area contributed by atoms with Gasteiger partial charge in [-0.2, -0.15) is 5.10 Å². The highest BCUT2D eigenvalue weighted by Crippen LogP contribution is 2.17. The van der Waals surface area contributed by atoms with Crippen LogP contribution in [0.1, 0.15) is 17.7 Å².